The van der Waals surface area contributed by atoms with Gasteiger partial charge in [0.15, 0.2) is 0 Å². The summed E-state index contributed by atoms with van der Waals surface area (Å²) in [6.07, 6.45) is 1.84. The monoisotopic (exact) mass is 232 g/mol. The Hall–Kier alpha value is -1.96. The maximum Gasteiger partial charge on any atom is 0.321 e. The maximum atomic E-state index is 12.1. The van der Waals surface area contributed by atoms with E-state index in [-0.39, 0.29) is 12.1 Å². The Labute approximate surface area is 101 Å². The molecule has 0 bridgehead atoms. The lowest BCUT2D eigenvalue weighted by atomic mass is 10.1. The van der Waals surface area contributed by atoms with Gasteiger partial charge in [-0.1, -0.05) is 0 Å². The summed E-state index contributed by atoms with van der Waals surface area (Å²) >= 11 is 0. The molecule has 0 spiro atoms. The molecule has 1 aliphatic rings. The molecule has 5 nitrogen and oxygen atoms in total. The normalized spacial score (nSPS) is 20.8. The summed E-state index contributed by atoms with van der Waals surface area (Å²) in [4.78, 5) is 18.5. The third-order valence-electron chi connectivity index (χ3n) is 3.29. The minimum atomic E-state index is -0.771. The third-order valence-corrected chi connectivity index (χ3v) is 3.29. The molecule has 5 heteroatoms. The van der Waals surface area contributed by atoms with Gasteiger partial charge in [0.2, 0.25) is 0 Å². The van der Waals surface area contributed by atoms with Gasteiger partial charge in [-0.05, 0) is 26.0 Å². The number of carbonyl (C=O) groups is 1. The van der Waals surface area contributed by atoms with Crippen LogP contribution < -0.4 is 0 Å². The second kappa shape index (κ2) is 3.81. The van der Waals surface area contributed by atoms with Gasteiger partial charge in [0.25, 0.3) is 0 Å². The lowest BCUT2D eigenvalue weighted by Crippen LogP contribution is -2.44. The highest BCUT2D eigenvalue weighted by Crippen LogP contribution is 2.31. The summed E-state index contributed by atoms with van der Waals surface area (Å²) in [5.74, 6) is 0. The summed E-state index contributed by atoms with van der Waals surface area (Å²) in [5.41, 5.74) is 0.226. The number of H-pyrrole nitrogens is 1. The number of nitriles is 1. The van der Waals surface area contributed by atoms with Gasteiger partial charge in [0, 0.05) is 18.9 Å². The first kappa shape index (κ1) is 11.5. The molecule has 0 aliphatic carbocycles. The lowest BCUT2D eigenvalue weighted by molar-refractivity contribution is 0.172. The van der Waals surface area contributed by atoms with Crippen molar-refractivity contribution in [3.63, 3.8) is 0 Å². The van der Waals surface area contributed by atoms with Crippen LogP contribution in [0.25, 0.3) is 0 Å². The molecule has 17 heavy (non-hydrogen) atoms. The zero-order chi connectivity index (χ0) is 12.6. The van der Waals surface area contributed by atoms with E-state index in [1.807, 2.05) is 18.3 Å². The second-order valence-electron chi connectivity index (χ2n) is 4.82. The van der Waals surface area contributed by atoms with E-state index in [4.69, 9.17) is 5.26 Å². The highest BCUT2D eigenvalue weighted by atomic mass is 16.2. The summed E-state index contributed by atoms with van der Waals surface area (Å²) in [5, 5.41) is 9.11. The van der Waals surface area contributed by atoms with Gasteiger partial charge < -0.3 is 14.8 Å². The molecule has 2 heterocycles. The van der Waals surface area contributed by atoms with Crippen LogP contribution in [0.1, 0.15) is 25.6 Å². The molecule has 0 aromatic carbocycles. The van der Waals surface area contributed by atoms with Crippen LogP contribution in [0.2, 0.25) is 0 Å². The van der Waals surface area contributed by atoms with Crippen molar-refractivity contribution in [3.05, 3.63) is 24.0 Å². The van der Waals surface area contributed by atoms with E-state index >= 15 is 0 Å². The number of rotatable bonds is 2. The van der Waals surface area contributed by atoms with E-state index in [2.05, 4.69) is 11.1 Å². The topological polar surface area (TPSA) is 63.1 Å². The fourth-order valence-electron chi connectivity index (χ4n) is 2.08. The van der Waals surface area contributed by atoms with Crippen molar-refractivity contribution >= 4 is 6.03 Å². The zero-order valence-corrected chi connectivity index (χ0v) is 10.3. The standard InChI is InChI=1S/C12H16N4O/c1-12(2,8-13)16-7-10(15(3)11(16)17)9-5-4-6-14-9/h4-6,10,14H,7H2,1-3H3. The summed E-state index contributed by atoms with van der Waals surface area (Å²) < 4.78 is 0. The van der Waals surface area contributed by atoms with Gasteiger partial charge in [-0.2, -0.15) is 5.26 Å². The van der Waals surface area contributed by atoms with E-state index in [9.17, 15) is 4.79 Å². The van der Waals surface area contributed by atoms with Gasteiger partial charge in [0.1, 0.15) is 5.54 Å². The van der Waals surface area contributed by atoms with Gasteiger partial charge in [-0.15, -0.1) is 0 Å². The molecule has 2 amide bonds. The summed E-state index contributed by atoms with van der Waals surface area (Å²) in [6.45, 7) is 4.06. The molecule has 1 N–H and O–H groups in total. The van der Waals surface area contributed by atoms with E-state index in [0.717, 1.165) is 5.69 Å². The molecular formula is C12H16N4O. The van der Waals surface area contributed by atoms with Crippen molar-refractivity contribution in [3.8, 4) is 6.07 Å². The van der Waals surface area contributed by atoms with Crippen LogP contribution in [-0.2, 0) is 0 Å². The smallest absolute Gasteiger partial charge is 0.321 e. The first-order valence-corrected chi connectivity index (χ1v) is 5.56. The average molecular weight is 232 g/mol. The molecule has 1 atom stereocenters. The predicted molar refractivity (Wildman–Crippen MR) is 63.1 cm³/mol. The van der Waals surface area contributed by atoms with E-state index in [0.29, 0.717) is 6.54 Å². The van der Waals surface area contributed by atoms with E-state index in [1.54, 1.807) is 30.7 Å². The molecule has 1 saturated heterocycles. The number of carbonyl (C=O) groups excluding carboxylic acids is 1. The Kier molecular flexibility index (Phi) is 2.58. The lowest BCUT2D eigenvalue weighted by Gasteiger charge is -2.27. The van der Waals surface area contributed by atoms with Crippen LogP contribution in [0, 0.1) is 11.3 Å². The van der Waals surface area contributed by atoms with Crippen LogP contribution >= 0.6 is 0 Å². The number of aromatic amines is 1. The fraction of sp³-hybridized carbons (Fsp3) is 0.500. The van der Waals surface area contributed by atoms with Crippen LogP contribution in [0.15, 0.2) is 18.3 Å². The molecule has 1 aliphatic heterocycles. The first-order chi connectivity index (χ1) is 7.97. The van der Waals surface area contributed by atoms with Crippen molar-refractivity contribution in [2.24, 2.45) is 0 Å². The predicted octanol–water partition coefficient (Wildman–Crippen LogP) is 1.73. The summed E-state index contributed by atoms with van der Waals surface area (Å²) in [6, 6.07) is 5.92. The Bertz CT molecular complexity index is 457. The molecule has 0 radical (unpaired) electrons. The van der Waals surface area contributed by atoms with Crippen LogP contribution in [0.3, 0.4) is 0 Å². The fourth-order valence-corrected chi connectivity index (χ4v) is 2.08. The van der Waals surface area contributed by atoms with Crippen molar-refractivity contribution in [1.29, 1.82) is 5.26 Å². The van der Waals surface area contributed by atoms with Crippen LogP contribution in [-0.4, -0.2) is 39.9 Å². The number of nitrogens with zero attached hydrogens (tertiary/aromatic N) is 3. The number of hydrogen-bond donors (Lipinski definition) is 1. The molecule has 0 saturated carbocycles. The Morgan fingerprint density at radius 3 is 2.82 bits per heavy atom. The van der Waals surface area contributed by atoms with Gasteiger partial charge in [-0.25, -0.2) is 4.79 Å². The van der Waals surface area contributed by atoms with E-state index < -0.39 is 5.54 Å². The van der Waals surface area contributed by atoms with E-state index in [1.165, 1.54) is 0 Å². The highest BCUT2D eigenvalue weighted by Gasteiger charge is 2.43. The Morgan fingerprint density at radius 2 is 2.29 bits per heavy atom. The third kappa shape index (κ3) is 1.76. The second-order valence-corrected chi connectivity index (χ2v) is 4.82. The number of likely N-dealkylation sites (N-methyl/N-ethyl adjacent to an activating group) is 1. The minimum Gasteiger partial charge on any atom is -0.363 e. The quantitative estimate of drug-likeness (QED) is 0.844. The van der Waals surface area contributed by atoms with Crippen LogP contribution in [0.4, 0.5) is 4.79 Å². The Balaban J connectivity index is 2.27. The molecule has 1 unspecified atom stereocenters. The number of aromatic nitrogens is 1. The number of nitrogens with one attached hydrogen (secondary N) is 1. The molecule has 1 fully saturated rings. The van der Waals surface area contributed by atoms with Gasteiger partial charge in [0.05, 0.1) is 18.7 Å². The SMILES string of the molecule is CN1C(=O)N(C(C)(C)C#N)CC1c1ccc[nH]1. The molecule has 1 aromatic heterocycles. The minimum absolute atomic E-state index is 0.00914. The van der Waals surface area contributed by atoms with Crippen molar-refractivity contribution in [2.75, 3.05) is 13.6 Å². The van der Waals surface area contributed by atoms with Gasteiger partial charge >= 0.3 is 6.03 Å². The molecule has 2 rings (SSSR count). The number of amides is 2. The molecular weight excluding hydrogens is 216 g/mol. The number of hydrogen-bond acceptors (Lipinski definition) is 2. The van der Waals surface area contributed by atoms with Crippen molar-refractivity contribution < 1.29 is 4.79 Å². The first-order valence-electron chi connectivity index (χ1n) is 5.56. The largest absolute Gasteiger partial charge is 0.363 e. The average Bonchev–Trinajstić information content (AvgIpc) is 2.89. The Morgan fingerprint density at radius 1 is 1.59 bits per heavy atom. The summed E-state index contributed by atoms with van der Waals surface area (Å²) in [7, 11) is 1.77. The number of urea groups is 1. The molecule has 90 valence electrons. The van der Waals surface area contributed by atoms with Crippen molar-refractivity contribution in [1.82, 2.24) is 14.8 Å². The zero-order valence-electron chi connectivity index (χ0n) is 10.3. The van der Waals surface area contributed by atoms with Gasteiger partial charge in [-0.3, -0.25) is 0 Å². The van der Waals surface area contributed by atoms with Crippen LogP contribution in [0.5, 0.6) is 0 Å². The maximum absolute atomic E-state index is 12.1. The molecule has 1 aromatic rings. The van der Waals surface area contributed by atoms with Crippen molar-refractivity contribution in [2.45, 2.75) is 25.4 Å². The highest BCUT2D eigenvalue weighted by molar-refractivity contribution is 5.78.